The number of benzene rings is 1. The Kier molecular flexibility index (Phi) is 5.01. The summed E-state index contributed by atoms with van der Waals surface area (Å²) in [5.41, 5.74) is -0.357. The van der Waals surface area contributed by atoms with Crippen LogP contribution in [0.1, 0.15) is 26.3 Å². The fourth-order valence-corrected chi connectivity index (χ4v) is 3.64. The largest absolute Gasteiger partial charge is 0.350 e. The molecule has 2 aromatic heterocycles. The molecule has 0 aliphatic rings. The first-order valence-electron chi connectivity index (χ1n) is 8.42. The Bertz CT molecular complexity index is 1100. The van der Waals surface area contributed by atoms with Gasteiger partial charge in [0.15, 0.2) is 0 Å². The number of carbonyl (C=O) groups is 1. The molecule has 0 spiro atoms. The van der Waals surface area contributed by atoms with Crippen LogP contribution in [0, 0.1) is 5.82 Å². The van der Waals surface area contributed by atoms with E-state index in [1.165, 1.54) is 40.2 Å². The van der Waals surface area contributed by atoms with E-state index in [-0.39, 0.29) is 19.0 Å². The molecule has 0 atom stereocenters. The predicted octanol–water partition coefficient (Wildman–Crippen LogP) is 2.33. The van der Waals surface area contributed by atoms with Gasteiger partial charge in [0, 0.05) is 5.54 Å². The molecule has 1 amide bonds. The van der Waals surface area contributed by atoms with Crippen LogP contribution in [0.5, 0.6) is 0 Å². The van der Waals surface area contributed by atoms with Crippen LogP contribution < -0.4 is 16.6 Å². The van der Waals surface area contributed by atoms with Gasteiger partial charge < -0.3 is 5.32 Å². The molecule has 0 radical (unpaired) electrons. The molecular formula is C19H20FN3O3S. The Hall–Kier alpha value is -2.74. The molecule has 142 valence electrons. The van der Waals surface area contributed by atoms with Crippen molar-refractivity contribution in [3.05, 3.63) is 67.9 Å². The molecule has 0 fully saturated rings. The summed E-state index contributed by atoms with van der Waals surface area (Å²) in [6, 6.07) is 7.26. The van der Waals surface area contributed by atoms with Crippen molar-refractivity contribution in [1.29, 1.82) is 0 Å². The quantitative estimate of drug-likeness (QED) is 0.744. The number of halogens is 1. The minimum absolute atomic E-state index is 0.00662. The number of carbonyl (C=O) groups excluding carboxylic acids is 1. The van der Waals surface area contributed by atoms with Crippen molar-refractivity contribution in [2.45, 2.75) is 39.4 Å². The smallest absolute Gasteiger partial charge is 0.332 e. The van der Waals surface area contributed by atoms with Crippen LogP contribution in [-0.4, -0.2) is 20.6 Å². The lowest BCUT2D eigenvalue weighted by molar-refractivity contribution is -0.123. The SMILES string of the molecule is CC(C)(C)NC(=O)Cn1c(=O)n(Cc2ccc(F)cc2)c(=O)c2sccc21. The van der Waals surface area contributed by atoms with E-state index in [1.54, 1.807) is 11.4 Å². The van der Waals surface area contributed by atoms with E-state index in [0.717, 1.165) is 4.57 Å². The molecule has 3 aromatic rings. The van der Waals surface area contributed by atoms with Crippen molar-refractivity contribution in [2.24, 2.45) is 0 Å². The summed E-state index contributed by atoms with van der Waals surface area (Å²) in [5, 5.41) is 4.53. The Balaban J connectivity index is 2.07. The summed E-state index contributed by atoms with van der Waals surface area (Å²) in [6.45, 7) is 5.37. The maximum atomic E-state index is 13.1. The second-order valence-corrected chi connectivity index (χ2v) is 8.24. The first-order valence-corrected chi connectivity index (χ1v) is 9.30. The average Bonchev–Trinajstić information content (AvgIpc) is 3.05. The number of rotatable bonds is 4. The number of nitrogens with one attached hydrogen (secondary N) is 1. The van der Waals surface area contributed by atoms with Crippen LogP contribution in [0.2, 0.25) is 0 Å². The Labute approximate surface area is 158 Å². The van der Waals surface area contributed by atoms with Gasteiger partial charge in [-0.3, -0.25) is 18.7 Å². The molecule has 27 heavy (non-hydrogen) atoms. The molecule has 8 heteroatoms. The second-order valence-electron chi connectivity index (χ2n) is 7.32. The number of fused-ring (bicyclic) bond motifs is 1. The van der Waals surface area contributed by atoms with Gasteiger partial charge in [-0.05, 0) is 49.9 Å². The number of nitrogens with zero attached hydrogens (tertiary/aromatic N) is 2. The molecule has 0 aliphatic carbocycles. The molecule has 0 aliphatic heterocycles. The molecule has 0 saturated carbocycles. The fraction of sp³-hybridized carbons (Fsp3) is 0.316. The zero-order valence-corrected chi connectivity index (χ0v) is 16.1. The van der Waals surface area contributed by atoms with E-state index < -0.39 is 22.6 Å². The highest BCUT2D eigenvalue weighted by atomic mass is 32.1. The van der Waals surface area contributed by atoms with Gasteiger partial charge in [-0.15, -0.1) is 11.3 Å². The normalized spacial score (nSPS) is 11.7. The number of aromatic nitrogens is 2. The van der Waals surface area contributed by atoms with E-state index >= 15 is 0 Å². The van der Waals surface area contributed by atoms with Crippen molar-refractivity contribution in [2.75, 3.05) is 0 Å². The molecular weight excluding hydrogens is 369 g/mol. The van der Waals surface area contributed by atoms with Crippen LogP contribution >= 0.6 is 11.3 Å². The lowest BCUT2D eigenvalue weighted by Crippen LogP contribution is -2.46. The summed E-state index contributed by atoms with van der Waals surface area (Å²) in [7, 11) is 0. The van der Waals surface area contributed by atoms with Crippen molar-refractivity contribution in [3.8, 4) is 0 Å². The van der Waals surface area contributed by atoms with Gasteiger partial charge >= 0.3 is 5.69 Å². The Morgan fingerprint density at radius 3 is 2.41 bits per heavy atom. The van der Waals surface area contributed by atoms with Crippen molar-refractivity contribution >= 4 is 27.5 Å². The number of thiophene rings is 1. The molecule has 2 heterocycles. The standard InChI is InChI=1S/C19H20FN3O3S/c1-19(2,3)21-15(24)11-22-14-8-9-27-16(14)17(25)23(18(22)26)10-12-4-6-13(20)7-5-12/h4-9H,10-11H2,1-3H3,(H,21,24). The van der Waals surface area contributed by atoms with Gasteiger partial charge in [-0.1, -0.05) is 12.1 Å². The fourth-order valence-electron chi connectivity index (χ4n) is 2.80. The van der Waals surface area contributed by atoms with Crippen molar-refractivity contribution < 1.29 is 9.18 Å². The van der Waals surface area contributed by atoms with Crippen LogP contribution in [0.4, 0.5) is 4.39 Å². The van der Waals surface area contributed by atoms with E-state index in [0.29, 0.717) is 15.8 Å². The van der Waals surface area contributed by atoms with E-state index in [9.17, 15) is 18.8 Å². The van der Waals surface area contributed by atoms with Crippen LogP contribution in [-0.2, 0) is 17.9 Å². The Morgan fingerprint density at radius 1 is 1.11 bits per heavy atom. The highest BCUT2D eigenvalue weighted by Gasteiger charge is 2.19. The number of hydrogen-bond acceptors (Lipinski definition) is 4. The second kappa shape index (κ2) is 7.11. The maximum Gasteiger partial charge on any atom is 0.332 e. The molecule has 0 unspecified atom stereocenters. The Morgan fingerprint density at radius 2 is 1.78 bits per heavy atom. The predicted molar refractivity (Wildman–Crippen MR) is 104 cm³/mol. The summed E-state index contributed by atoms with van der Waals surface area (Å²) >= 11 is 1.22. The molecule has 0 bridgehead atoms. The first-order chi connectivity index (χ1) is 12.7. The third-order valence-electron chi connectivity index (χ3n) is 3.91. The number of amides is 1. The monoisotopic (exact) mass is 389 g/mol. The van der Waals surface area contributed by atoms with Gasteiger partial charge in [-0.2, -0.15) is 0 Å². The lowest BCUT2D eigenvalue weighted by atomic mass is 10.1. The van der Waals surface area contributed by atoms with Crippen LogP contribution in [0.25, 0.3) is 10.2 Å². The lowest BCUT2D eigenvalue weighted by Gasteiger charge is -2.21. The summed E-state index contributed by atoms with van der Waals surface area (Å²) in [6.07, 6.45) is 0. The van der Waals surface area contributed by atoms with Gasteiger partial charge in [-0.25, -0.2) is 9.18 Å². The van der Waals surface area contributed by atoms with Crippen molar-refractivity contribution in [1.82, 2.24) is 14.5 Å². The van der Waals surface area contributed by atoms with Crippen LogP contribution in [0.3, 0.4) is 0 Å². The zero-order valence-electron chi connectivity index (χ0n) is 15.3. The first kappa shape index (κ1) is 19.0. The molecule has 6 nitrogen and oxygen atoms in total. The van der Waals surface area contributed by atoms with E-state index in [2.05, 4.69) is 5.32 Å². The van der Waals surface area contributed by atoms with Crippen molar-refractivity contribution in [3.63, 3.8) is 0 Å². The molecule has 3 rings (SSSR count). The van der Waals surface area contributed by atoms with Gasteiger partial charge in [0.05, 0.1) is 12.1 Å². The molecule has 0 saturated heterocycles. The summed E-state index contributed by atoms with van der Waals surface area (Å²) < 4.78 is 15.9. The summed E-state index contributed by atoms with van der Waals surface area (Å²) in [5.74, 6) is -0.708. The third-order valence-corrected chi connectivity index (χ3v) is 4.80. The van der Waals surface area contributed by atoms with Gasteiger partial charge in [0.1, 0.15) is 17.1 Å². The zero-order chi connectivity index (χ0) is 19.8. The third kappa shape index (κ3) is 4.16. The van der Waals surface area contributed by atoms with Gasteiger partial charge in [0.25, 0.3) is 5.56 Å². The average molecular weight is 389 g/mol. The highest BCUT2D eigenvalue weighted by Crippen LogP contribution is 2.15. The number of hydrogen-bond donors (Lipinski definition) is 1. The maximum absolute atomic E-state index is 13.1. The minimum Gasteiger partial charge on any atom is -0.350 e. The minimum atomic E-state index is -0.570. The van der Waals surface area contributed by atoms with Crippen LogP contribution in [0.15, 0.2) is 45.3 Å². The van der Waals surface area contributed by atoms with Gasteiger partial charge in [0.2, 0.25) is 5.91 Å². The van der Waals surface area contributed by atoms with E-state index in [4.69, 9.17) is 0 Å². The highest BCUT2D eigenvalue weighted by molar-refractivity contribution is 7.17. The molecule has 1 N–H and O–H groups in total. The van der Waals surface area contributed by atoms with E-state index in [1.807, 2.05) is 20.8 Å². The molecule has 1 aromatic carbocycles. The topological polar surface area (TPSA) is 73.1 Å². The summed E-state index contributed by atoms with van der Waals surface area (Å²) in [4.78, 5) is 38.0.